The van der Waals surface area contributed by atoms with Crippen LogP contribution >= 0.6 is 0 Å². The lowest BCUT2D eigenvalue weighted by atomic mass is 9.83. The Bertz CT molecular complexity index is 570. The molecule has 0 unspecified atom stereocenters. The topological polar surface area (TPSA) is 33.1 Å². The zero-order valence-corrected chi connectivity index (χ0v) is 11.5. The van der Waals surface area contributed by atoms with E-state index in [0.29, 0.717) is 0 Å². The fourth-order valence-corrected chi connectivity index (χ4v) is 3.10. The van der Waals surface area contributed by atoms with Gasteiger partial charge in [-0.05, 0) is 74.3 Å². The maximum Gasteiger partial charge on any atom is 0.0702 e. The Hall–Kier alpha value is -1.41. The van der Waals surface area contributed by atoms with Crippen molar-refractivity contribution in [2.75, 3.05) is 0 Å². The van der Waals surface area contributed by atoms with Crippen LogP contribution in [0.5, 0.6) is 0 Å². The minimum Gasteiger partial charge on any atom is -0.393 e. The number of aromatic nitrogens is 1. The summed E-state index contributed by atoms with van der Waals surface area (Å²) in [5, 5.41) is 10.8. The molecule has 0 amide bonds. The predicted octanol–water partition coefficient (Wildman–Crippen LogP) is 3.64. The Morgan fingerprint density at radius 2 is 1.95 bits per heavy atom. The Morgan fingerprint density at radius 1 is 1.16 bits per heavy atom. The molecule has 100 valence electrons. The number of pyridine rings is 1. The van der Waals surface area contributed by atoms with Gasteiger partial charge in [-0.2, -0.15) is 0 Å². The Morgan fingerprint density at radius 3 is 2.74 bits per heavy atom. The zero-order valence-electron chi connectivity index (χ0n) is 11.5. The summed E-state index contributed by atoms with van der Waals surface area (Å²) in [5.41, 5.74) is 3.69. The molecular formula is C17H21NO. The molecule has 0 saturated heterocycles. The predicted molar refractivity (Wildman–Crippen MR) is 78.1 cm³/mol. The van der Waals surface area contributed by atoms with Crippen molar-refractivity contribution in [2.45, 2.75) is 45.1 Å². The number of fused-ring (bicyclic) bond motifs is 1. The van der Waals surface area contributed by atoms with Gasteiger partial charge >= 0.3 is 0 Å². The summed E-state index contributed by atoms with van der Waals surface area (Å²) in [4.78, 5) is 4.45. The second-order valence-electron chi connectivity index (χ2n) is 5.92. The summed E-state index contributed by atoms with van der Waals surface area (Å²) >= 11 is 0. The van der Waals surface area contributed by atoms with Gasteiger partial charge in [-0.3, -0.25) is 4.98 Å². The summed E-state index contributed by atoms with van der Waals surface area (Å²) in [5.74, 6) is 0.735. The van der Waals surface area contributed by atoms with E-state index in [1.54, 1.807) is 0 Å². The van der Waals surface area contributed by atoms with Crippen LogP contribution in [0.4, 0.5) is 0 Å². The van der Waals surface area contributed by atoms with Gasteiger partial charge in [0.1, 0.15) is 0 Å². The Labute approximate surface area is 114 Å². The van der Waals surface area contributed by atoms with Crippen molar-refractivity contribution in [3.8, 4) is 0 Å². The van der Waals surface area contributed by atoms with E-state index in [1.165, 1.54) is 16.5 Å². The third kappa shape index (κ3) is 2.95. The molecule has 0 spiro atoms. The van der Waals surface area contributed by atoms with Crippen molar-refractivity contribution < 1.29 is 5.11 Å². The second kappa shape index (κ2) is 5.30. The van der Waals surface area contributed by atoms with Crippen molar-refractivity contribution in [1.29, 1.82) is 0 Å². The molecule has 1 aromatic carbocycles. The fourth-order valence-electron chi connectivity index (χ4n) is 3.10. The van der Waals surface area contributed by atoms with Gasteiger partial charge in [0.25, 0.3) is 0 Å². The molecular weight excluding hydrogens is 234 g/mol. The van der Waals surface area contributed by atoms with Crippen LogP contribution in [0.25, 0.3) is 10.9 Å². The van der Waals surface area contributed by atoms with Gasteiger partial charge in [-0.25, -0.2) is 0 Å². The van der Waals surface area contributed by atoms with E-state index >= 15 is 0 Å². The van der Waals surface area contributed by atoms with Crippen LogP contribution in [0.15, 0.2) is 30.5 Å². The molecule has 1 aliphatic carbocycles. The molecule has 0 bridgehead atoms. The average molecular weight is 255 g/mol. The largest absolute Gasteiger partial charge is 0.393 e. The van der Waals surface area contributed by atoms with E-state index in [2.05, 4.69) is 36.2 Å². The smallest absolute Gasteiger partial charge is 0.0702 e. The minimum atomic E-state index is -0.0558. The minimum absolute atomic E-state index is 0.0558. The summed E-state index contributed by atoms with van der Waals surface area (Å²) in [7, 11) is 0. The van der Waals surface area contributed by atoms with Crippen LogP contribution in [0.2, 0.25) is 0 Å². The van der Waals surface area contributed by atoms with E-state index in [9.17, 15) is 5.11 Å². The maximum absolute atomic E-state index is 9.56. The monoisotopic (exact) mass is 255 g/mol. The molecule has 1 N–H and O–H groups in total. The highest BCUT2D eigenvalue weighted by Crippen LogP contribution is 2.28. The molecule has 3 rings (SSSR count). The van der Waals surface area contributed by atoms with Crippen molar-refractivity contribution in [3.05, 3.63) is 41.6 Å². The highest BCUT2D eigenvalue weighted by Gasteiger charge is 2.19. The molecule has 1 fully saturated rings. The molecule has 1 aliphatic rings. The normalized spacial score (nSPS) is 23.7. The first-order valence-corrected chi connectivity index (χ1v) is 7.24. The van der Waals surface area contributed by atoms with Gasteiger partial charge in [0.15, 0.2) is 0 Å². The number of aryl methyl sites for hydroxylation is 1. The molecule has 2 nitrogen and oxygen atoms in total. The van der Waals surface area contributed by atoms with E-state index in [0.717, 1.165) is 43.5 Å². The van der Waals surface area contributed by atoms with Crippen LogP contribution in [0.1, 0.15) is 36.8 Å². The number of nitrogens with zero attached hydrogens (tertiary/aromatic N) is 1. The molecule has 1 aromatic heterocycles. The van der Waals surface area contributed by atoms with Crippen LogP contribution < -0.4 is 0 Å². The van der Waals surface area contributed by atoms with Crippen LogP contribution in [0, 0.1) is 12.8 Å². The van der Waals surface area contributed by atoms with Crippen LogP contribution in [-0.2, 0) is 6.42 Å². The van der Waals surface area contributed by atoms with Gasteiger partial charge in [0, 0.05) is 11.6 Å². The van der Waals surface area contributed by atoms with E-state index in [4.69, 9.17) is 0 Å². The van der Waals surface area contributed by atoms with Gasteiger partial charge in [-0.15, -0.1) is 0 Å². The molecule has 1 saturated carbocycles. The number of benzene rings is 1. The highest BCUT2D eigenvalue weighted by atomic mass is 16.3. The third-order valence-electron chi connectivity index (χ3n) is 4.22. The molecule has 1 heterocycles. The lowest BCUT2D eigenvalue weighted by Gasteiger charge is -2.25. The fraction of sp³-hybridized carbons (Fsp3) is 0.471. The molecule has 19 heavy (non-hydrogen) atoms. The second-order valence-corrected chi connectivity index (χ2v) is 5.92. The van der Waals surface area contributed by atoms with Gasteiger partial charge in [0.2, 0.25) is 0 Å². The standard InChI is InChI=1S/C17H21NO/c1-12-8-15-10-14(4-7-17(15)18-11-12)9-13-2-5-16(19)6-3-13/h4,7-8,10-11,13,16,19H,2-3,5-6,9H2,1H3. The SMILES string of the molecule is Cc1cnc2ccc(CC3CCC(O)CC3)cc2c1. The molecule has 0 radical (unpaired) electrons. The molecule has 2 heteroatoms. The number of hydrogen-bond acceptors (Lipinski definition) is 2. The molecule has 0 aliphatic heterocycles. The van der Waals surface area contributed by atoms with Crippen LogP contribution in [-0.4, -0.2) is 16.2 Å². The lowest BCUT2D eigenvalue weighted by Crippen LogP contribution is -2.19. The molecule has 2 aromatic rings. The number of aliphatic hydroxyl groups is 1. The van der Waals surface area contributed by atoms with Gasteiger partial charge in [-0.1, -0.05) is 6.07 Å². The summed E-state index contributed by atoms with van der Waals surface area (Å²) in [6.45, 7) is 2.08. The van der Waals surface area contributed by atoms with Gasteiger partial charge in [0.05, 0.1) is 11.6 Å². The Kier molecular flexibility index (Phi) is 3.52. The van der Waals surface area contributed by atoms with Crippen molar-refractivity contribution >= 4 is 10.9 Å². The van der Waals surface area contributed by atoms with Crippen molar-refractivity contribution in [2.24, 2.45) is 5.92 Å². The quantitative estimate of drug-likeness (QED) is 0.888. The summed E-state index contributed by atoms with van der Waals surface area (Å²) in [6, 6.07) is 8.81. The first-order chi connectivity index (χ1) is 9.20. The highest BCUT2D eigenvalue weighted by molar-refractivity contribution is 5.79. The summed E-state index contributed by atoms with van der Waals surface area (Å²) in [6.07, 6.45) is 7.26. The maximum atomic E-state index is 9.56. The zero-order chi connectivity index (χ0) is 13.2. The summed E-state index contributed by atoms with van der Waals surface area (Å²) < 4.78 is 0. The molecule has 0 atom stereocenters. The Balaban J connectivity index is 1.77. The first-order valence-electron chi connectivity index (χ1n) is 7.24. The van der Waals surface area contributed by atoms with Gasteiger partial charge < -0.3 is 5.11 Å². The number of aliphatic hydroxyl groups excluding tert-OH is 1. The van der Waals surface area contributed by atoms with Crippen molar-refractivity contribution in [3.63, 3.8) is 0 Å². The number of hydrogen-bond donors (Lipinski definition) is 1. The van der Waals surface area contributed by atoms with Crippen molar-refractivity contribution in [1.82, 2.24) is 4.98 Å². The first kappa shape index (κ1) is 12.6. The number of rotatable bonds is 2. The van der Waals surface area contributed by atoms with E-state index in [-0.39, 0.29) is 6.10 Å². The average Bonchev–Trinajstić information content (AvgIpc) is 2.41. The van der Waals surface area contributed by atoms with Crippen LogP contribution in [0.3, 0.4) is 0 Å². The van der Waals surface area contributed by atoms with E-state index in [1.807, 2.05) is 6.20 Å². The lowest BCUT2D eigenvalue weighted by molar-refractivity contribution is 0.109. The third-order valence-corrected chi connectivity index (χ3v) is 4.22. The van der Waals surface area contributed by atoms with E-state index < -0.39 is 0 Å².